The predicted octanol–water partition coefficient (Wildman–Crippen LogP) is 5.03. The molecule has 0 unspecified atom stereocenters. The highest BCUT2D eigenvalue weighted by atomic mass is 19.4. The number of hydrogen-bond donors (Lipinski definition) is 0. The van der Waals surface area contributed by atoms with Crippen molar-refractivity contribution < 1.29 is 31.1 Å². The van der Waals surface area contributed by atoms with Crippen LogP contribution in [0, 0.1) is 5.82 Å². The Balaban J connectivity index is 1.53. The van der Waals surface area contributed by atoms with E-state index in [4.69, 9.17) is 0 Å². The van der Waals surface area contributed by atoms with Crippen molar-refractivity contribution in [3.63, 3.8) is 0 Å². The van der Waals surface area contributed by atoms with E-state index in [2.05, 4.69) is 20.0 Å². The van der Waals surface area contributed by atoms with Crippen molar-refractivity contribution in [3.05, 3.63) is 101 Å². The van der Waals surface area contributed by atoms with Crippen LogP contribution in [0.2, 0.25) is 0 Å². The molecular weight excluding hydrogens is 518 g/mol. The summed E-state index contributed by atoms with van der Waals surface area (Å²) in [5.74, 6) is -1.15. The number of halogens is 6. The molecule has 0 saturated heterocycles. The number of hydrogen-bond acceptors (Lipinski definition) is 5. The van der Waals surface area contributed by atoms with E-state index in [1.807, 2.05) is 0 Å². The van der Waals surface area contributed by atoms with E-state index in [1.54, 1.807) is 0 Å². The van der Waals surface area contributed by atoms with Crippen LogP contribution in [0.1, 0.15) is 5.56 Å². The lowest BCUT2D eigenvalue weighted by molar-refractivity contribution is -0.137. The Morgan fingerprint density at radius 3 is 2.34 bits per heavy atom. The monoisotopic (exact) mass is 532 g/mol. The van der Waals surface area contributed by atoms with Gasteiger partial charge < -0.3 is 4.74 Å². The van der Waals surface area contributed by atoms with Crippen LogP contribution >= 0.6 is 0 Å². The number of ether oxygens (including phenoxy) is 1. The molecule has 0 N–H and O–H groups in total. The van der Waals surface area contributed by atoms with E-state index < -0.39 is 29.6 Å². The second-order valence-corrected chi connectivity index (χ2v) is 7.74. The van der Waals surface area contributed by atoms with E-state index in [0.29, 0.717) is 0 Å². The summed E-state index contributed by atoms with van der Waals surface area (Å²) in [6.07, 6.45) is -0.902. The summed E-state index contributed by atoms with van der Waals surface area (Å²) < 4.78 is 87.4. The number of nitrogens with zero attached hydrogens (tertiary/aromatic N) is 6. The molecule has 0 aliphatic carbocycles. The first-order valence-electron chi connectivity index (χ1n) is 10.7. The molecule has 8 nitrogen and oxygen atoms in total. The molecule has 0 saturated carbocycles. The average molecular weight is 532 g/mol. The van der Waals surface area contributed by atoms with Gasteiger partial charge in [0.25, 0.3) is 0 Å². The lowest BCUT2D eigenvalue weighted by atomic mass is 10.2. The van der Waals surface area contributed by atoms with Gasteiger partial charge in [-0.05, 0) is 36.4 Å². The summed E-state index contributed by atoms with van der Waals surface area (Å²) in [6, 6.07) is 11.7. The van der Waals surface area contributed by atoms with Crippen LogP contribution in [0.4, 0.5) is 26.3 Å². The van der Waals surface area contributed by atoms with E-state index in [1.165, 1.54) is 55.0 Å². The van der Waals surface area contributed by atoms with Gasteiger partial charge in [-0.3, -0.25) is 4.79 Å². The fourth-order valence-corrected chi connectivity index (χ4v) is 3.70. The number of rotatable bonds is 6. The molecule has 0 aliphatic heterocycles. The topological polar surface area (TPSA) is 79.8 Å². The fourth-order valence-electron chi connectivity index (χ4n) is 3.70. The maximum absolute atomic E-state index is 15.1. The van der Waals surface area contributed by atoms with Gasteiger partial charge in [0.05, 0.1) is 35.0 Å². The largest absolute Gasteiger partial charge is 0.417 e. The third-order valence-electron chi connectivity index (χ3n) is 5.35. The Morgan fingerprint density at radius 2 is 1.61 bits per heavy atom. The van der Waals surface area contributed by atoms with Crippen LogP contribution in [0.3, 0.4) is 0 Å². The molecule has 3 heterocycles. The van der Waals surface area contributed by atoms with Gasteiger partial charge in [-0.25, -0.2) is 18.4 Å². The molecule has 0 atom stereocenters. The second kappa shape index (κ2) is 9.53. The van der Waals surface area contributed by atoms with Gasteiger partial charge in [0.2, 0.25) is 11.3 Å². The van der Waals surface area contributed by atoms with Crippen LogP contribution in [0.25, 0.3) is 28.5 Å². The van der Waals surface area contributed by atoms with Crippen molar-refractivity contribution >= 4 is 0 Å². The van der Waals surface area contributed by atoms with Crippen LogP contribution < -0.4 is 10.2 Å². The van der Waals surface area contributed by atoms with Crippen LogP contribution in [0.5, 0.6) is 5.88 Å². The van der Waals surface area contributed by atoms with Gasteiger partial charge in [-0.1, -0.05) is 6.07 Å². The molecule has 5 aromatic rings. The minimum absolute atomic E-state index is 0.0352. The summed E-state index contributed by atoms with van der Waals surface area (Å²) >= 11 is 0. The maximum atomic E-state index is 15.1. The molecule has 0 radical (unpaired) electrons. The molecule has 0 spiro atoms. The summed E-state index contributed by atoms with van der Waals surface area (Å²) in [6.45, 7) is -3.11. The average Bonchev–Trinajstić information content (AvgIpc) is 3.54. The van der Waals surface area contributed by atoms with Crippen molar-refractivity contribution in [2.75, 3.05) is 0 Å². The number of alkyl halides is 5. The van der Waals surface area contributed by atoms with Gasteiger partial charge in [-0.15, -0.1) is 0 Å². The molecule has 5 rings (SSSR count). The molecule has 14 heteroatoms. The second-order valence-electron chi connectivity index (χ2n) is 7.74. The Bertz CT molecular complexity index is 1670. The van der Waals surface area contributed by atoms with E-state index in [9.17, 15) is 26.7 Å². The van der Waals surface area contributed by atoms with Gasteiger partial charge in [-0.2, -0.15) is 37.2 Å². The molecule has 0 bridgehead atoms. The van der Waals surface area contributed by atoms with Gasteiger partial charge >= 0.3 is 12.8 Å². The zero-order chi connectivity index (χ0) is 27.0. The van der Waals surface area contributed by atoms with Crippen molar-refractivity contribution in [1.82, 2.24) is 29.3 Å². The van der Waals surface area contributed by atoms with E-state index >= 15 is 4.39 Å². The smallest absolute Gasteiger partial charge is 0.416 e. The highest BCUT2D eigenvalue weighted by molar-refractivity contribution is 5.58. The lowest BCUT2D eigenvalue weighted by Crippen LogP contribution is -2.16. The van der Waals surface area contributed by atoms with Crippen molar-refractivity contribution in [2.45, 2.75) is 12.8 Å². The third kappa shape index (κ3) is 4.75. The molecule has 194 valence electrons. The quantitative estimate of drug-likeness (QED) is 0.287. The van der Waals surface area contributed by atoms with Gasteiger partial charge in [0.15, 0.2) is 11.5 Å². The molecule has 2 aromatic carbocycles. The maximum Gasteiger partial charge on any atom is 0.416 e. The molecule has 38 heavy (non-hydrogen) atoms. The first kappa shape index (κ1) is 24.8. The van der Waals surface area contributed by atoms with Crippen LogP contribution in [-0.4, -0.2) is 36.0 Å². The third-order valence-corrected chi connectivity index (χ3v) is 5.35. The Labute approximate surface area is 208 Å². The fraction of sp³-hybridized carbons (Fsp3) is 0.0833. The Kier molecular flexibility index (Phi) is 6.22. The Morgan fingerprint density at radius 1 is 0.868 bits per heavy atom. The molecule has 3 aromatic heterocycles. The van der Waals surface area contributed by atoms with Crippen LogP contribution in [-0.2, 0) is 6.18 Å². The predicted molar refractivity (Wildman–Crippen MR) is 121 cm³/mol. The number of benzene rings is 2. The first-order valence-corrected chi connectivity index (χ1v) is 10.7. The van der Waals surface area contributed by atoms with Crippen molar-refractivity contribution in [3.8, 4) is 34.3 Å². The molecule has 0 aliphatic rings. The molecule has 0 fully saturated rings. The van der Waals surface area contributed by atoms with Gasteiger partial charge in [0, 0.05) is 24.4 Å². The first-order chi connectivity index (χ1) is 18.1. The highest BCUT2D eigenvalue weighted by Gasteiger charge is 2.31. The van der Waals surface area contributed by atoms with Crippen molar-refractivity contribution in [1.29, 1.82) is 0 Å². The standard InChI is InChI=1S/C24H14F6N6O2/c25-17-13-16(36-21(7-10-32-36)38-23(26)27)4-5-18(17)34-11-8-20(37)22(33-34)19-6-9-31-35(19)15-3-1-2-14(12-15)24(28,29)30/h1-13,23H. The lowest BCUT2D eigenvalue weighted by Gasteiger charge is -2.13. The highest BCUT2D eigenvalue weighted by Crippen LogP contribution is 2.31. The van der Waals surface area contributed by atoms with E-state index in [0.717, 1.165) is 38.3 Å². The molecule has 0 amide bonds. The summed E-state index contributed by atoms with van der Waals surface area (Å²) in [4.78, 5) is 12.7. The van der Waals surface area contributed by atoms with E-state index in [-0.39, 0.29) is 34.3 Å². The SMILES string of the molecule is O=c1ccn(-c2ccc(-n3nccc3OC(F)F)cc2F)nc1-c1ccnn1-c1cccc(C(F)(F)F)c1. The summed E-state index contributed by atoms with van der Waals surface area (Å²) in [5, 5.41) is 12.1. The normalized spacial score (nSPS) is 11.8. The molecular formula is C24H14F6N6O2. The van der Waals surface area contributed by atoms with Crippen LogP contribution in [0.15, 0.2) is 84.0 Å². The minimum atomic E-state index is -4.59. The zero-order valence-corrected chi connectivity index (χ0v) is 18.9. The van der Waals surface area contributed by atoms with Crippen molar-refractivity contribution in [2.24, 2.45) is 0 Å². The van der Waals surface area contributed by atoms with Gasteiger partial charge in [0.1, 0.15) is 5.69 Å². The summed E-state index contributed by atoms with van der Waals surface area (Å²) in [5.41, 5.74) is -1.61. The minimum Gasteiger partial charge on any atom is -0.417 e. The number of aromatic nitrogens is 6. The zero-order valence-electron chi connectivity index (χ0n) is 18.9. The Hall–Kier alpha value is -4.88. The summed E-state index contributed by atoms with van der Waals surface area (Å²) in [7, 11) is 0.